The van der Waals surface area contributed by atoms with Gasteiger partial charge < -0.3 is 10.2 Å². The summed E-state index contributed by atoms with van der Waals surface area (Å²) in [6.07, 6.45) is 0. The van der Waals surface area contributed by atoms with Crippen molar-refractivity contribution in [2.24, 2.45) is 0 Å². The molecule has 2 aromatic carbocycles. The number of hydrogen-bond acceptors (Lipinski definition) is 3. The third-order valence-corrected chi connectivity index (χ3v) is 3.12. The van der Waals surface area contributed by atoms with Gasteiger partial charge in [-0.25, -0.2) is 9.78 Å². The fourth-order valence-electron chi connectivity index (χ4n) is 2.17. The van der Waals surface area contributed by atoms with Crippen molar-refractivity contribution in [3.05, 3.63) is 60.2 Å². The van der Waals surface area contributed by atoms with Gasteiger partial charge in [0.15, 0.2) is 0 Å². The molecular weight excluding hydrogens is 320 g/mol. The summed E-state index contributed by atoms with van der Waals surface area (Å²) < 4.78 is 0. The largest absolute Gasteiger partial charge is 0.506 e. The summed E-state index contributed by atoms with van der Waals surface area (Å²) in [7, 11) is 0. The van der Waals surface area contributed by atoms with Crippen LogP contribution in [0, 0.1) is 0 Å². The fraction of sp³-hybridized carbons (Fsp3) is 0. The van der Waals surface area contributed by atoms with Crippen molar-refractivity contribution < 1.29 is 34.5 Å². The van der Waals surface area contributed by atoms with Gasteiger partial charge in [-0.1, -0.05) is 42.5 Å². The summed E-state index contributed by atoms with van der Waals surface area (Å²) in [6, 6.07) is 15.5. The van der Waals surface area contributed by atoms with Crippen LogP contribution in [0.2, 0.25) is 0 Å². The molecule has 0 bridgehead atoms. The van der Waals surface area contributed by atoms with E-state index in [0.717, 1.165) is 5.56 Å². The number of benzene rings is 2. The molecule has 0 fully saturated rings. The van der Waals surface area contributed by atoms with E-state index in [2.05, 4.69) is 4.98 Å². The molecule has 3 rings (SSSR count). The topological polar surface area (TPSA) is 70.4 Å². The monoisotopic (exact) mass is 329 g/mol. The number of carbonyl (C=O) groups is 1. The smallest absolute Gasteiger partial charge is 0.336 e. The second-order valence-electron chi connectivity index (χ2n) is 4.40. The van der Waals surface area contributed by atoms with E-state index in [1.54, 1.807) is 12.1 Å². The SMILES string of the molecule is O=C(O)c1cc(-c2ccccc2)nc2c(O)cccc12.[Zn]. The summed E-state index contributed by atoms with van der Waals surface area (Å²) in [5.74, 6) is -1.07. The third kappa shape index (κ3) is 2.78. The molecule has 0 aliphatic rings. The van der Waals surface area contributed by atoms with Gasteiger partial charge in [-0.15, -0.1) is 0 Å². The Morgan fingerprint density at radius 1 is 1.00 bits per heavy atom. The van der Waals surface area contributed by atoms with E-state index >= 15 is 0 Å². The maximum atomic E-state index is 11.4. The predicted molar refractivity (Wildman–Crippen MR) is 75.8 cm³/mol. The van der Waals surface area contributed by atoms with Gasteiger partial charge in [-0.05, 0) is 12.1 Å². The number of aromatic carboxylic acids is 1. The first-order chi connectivity index (χ1) is 9.66. The Labute approximate surface area is 133 Å². The van der Waals surface area contributed by atoms with E-state index in [9.17, 15) is 15.0 Å². The van der Waals surface area contributed by atoms with Crippen LogP contribution in [-0.4, -0.2) is 21.2 Å². The number of hydrogen-bond donors (Lipinski definition) is 2. The van der Waals surface area contributed by atoms with E-state index in [1.165, 1.54) is 12.1 Å². The van der Waals surface area contributed by atoms with Gasteiger partial charge in [-0.3, -0.25) is 0 Å². The van der Waals surface area contributed by atoms with Crippen molar-refractivity contribution in [1.29, 1.82) is 0 Å². The maximum Gasteiger partial charge on any atom is 0.336 e. The average Bonchev–Trinajstić information content (AvgIpc) is 2.47. The van der Waals surface area contributed by atoms with Gasteiger partial charge in [0, 0.05) is 30.4 Å². The van der Waals surface area contributed by atoms with Crippen molar-refractivity contribution >= 4 is 16.9 Å². The first kappa shape index (κ1) is 15.1. The molecule has 21 heavy (non-hydrogen) atoms. The number of phenols is 1. The molecule has 100 valence electrons. The Hall–Kier alpha value is -2.26. The third-order valence-electron chi connectivity index (χ3n) is 3.12. The summed E-state index contributed by atoms with van der Waals surface area (Å²) in [5, 5.41) is 19.7. The van der Waals surface area contributed by atoms with Gasteiger partial charge in [0.2, 0.25) is 0 Å². The Balaban J connectivity index is 0.00000161. The average molecular weight is 331 g/mol. The molecule has 2 N–H and O–H groups in total. The molecule has 1 heterocycles. The fourth-order valence-corrected chi connectivity index (χ4v) is 2.17. The van der Waals surface area contributed by atoms with Crippen LogP contribution >= 0.6 is 0 Å². The number of carboxylic acids is 1. The number of pyridine rings is 1. The number of nitrogens with zero attached hydrogens (tertiary/aromatic N) is 1. The zero-order valence-electron chi connectivity index (χ0n) is 11.2. The van der Waals surface area contributed by atoms with Crippen LogP contribution in [0.25, 0.3) is 22.2 Å². The standard InChI is InChI=1S/C16H11NO3.Zn/c18-14-8-4-7-11-12(16(19)20)9-13(17-15(11)14)10-5-2-1-3-6-10;/h1-9,18H,(H,19,20);. The molecule has 5 heteroatoms. The quantitative estimate of drug-likeness (QED) is 0.707. The van der Waals surface area contributed by atoms with Gasteiger partial charge in [0.25, 0.3) is 0 Å². The van der Waals surface area contributed by atoms with Gasteiger partial charge >= 0.3 is 5.97 Å². The molecule has 0 aliphatic heterocycles. The molecule has 0 saturated heterocycles. The zero-order chi connectivity index (χ0) is 14.1. The van der Waals surface area contributed by atoms with Crippen LogP contribution in [0.15, 0.2) is 54.6 Å². The second kappa shape index (κ2) is 6.02. The first-order valence-corrected chi connectivity index (χ1v) is 6.08. The number of rotatable bonds is 2. The van der Waals surface area contributed by atoms with Gasteiger partial charge in [0.05, 0.1) is 11.3 Å². The van der Waals surface area contributed by atoms with Crippen molar-refractivity contribution in [2.75, 3.05) is 0 Å². The van der Waals surface area contributed by atoms with Crippen LogP contribution in [-0.2, 0) is 19.5 Å². The minimum absolute atomic E-state index is 0. The molecule has 0 saturated carbocycles. The number of phenolic OH excluding ortho intramolecular Hbond substituents is 1. The first-order valence-electron chi connectivity index (χ1n) is 6.08. The molecular formula is C16H11NO3Zn. The number of aromatic hydroxyl groups is 1. The Morgan fingerprint density at radius 3 is 2.38 bits per heavy atom. The van der Waals surface area contributed by atoms with Gasteiger partial charge in [0.1, 0.15) is 11.3 Å². The molecule has 0 radical (unpaired) electrons. The molecule has 0 aliphatic carbocycles. The summed E-state index contributed by atoms with van der Waals surface area (Å²) in [6.45, 7) is 0. The van der Waals surface area contributed by atoms with E-state index < -0.39 is 5.97 Å². The zero-order valence-corrected chi connectivity index (χ0v) is 14.1. The van der Waals surface area contributed by atoms with E-state index in [0.29, 0.717) is 16.6 Å². The number of aromatic nitrogens is 1. The maximum absolute atomic E-state index is 11.4. The van der Waals surface area contributed by atoms with Crippen LogP contribution in [0.1, 0.15) is 10.4 Å². The normalized spacial score (nSPS) is 10.1. The van der Waals surface area contributed by atoms with Gasteiger partial charge in [-0.2, -0.15) is 0 Å². The van der Waals surface area contributed by atoms with Crippen molar-refractivity contribution in [3.63, 3.8) is 0 Å². The van der Waals surface area contributed by atoms with Crippen LogP contribution in [0.4, 0.5) is 0 Å². The molecule has 1 aromatic heterocycles. The Bertz CT molecular complexity index is 803. The summed E-state index contributed by atoms with van der Waals surface area (Å²) in [5.41, 5.74) is 1.76. The molecule has 0 unspecified atom stereocenters. The number of para-hydroxylation sites is 1. The second-order valence-corrected chi connectivity index (χ2v) is 4.40. The summed E-state index contributed by atoms with van der Waals surface area (Å²) in [4.78, 5) is 15.8. The minimum atomic E-state index is -1.04. The van der Waals surface area contributed by atoms with E-state index in [-0.39, 0.29) is 30.8 Å². The Morgan fingerprint density at radius 2 is 1.71 bits per heavy atom. The number of carboxylic acid groups (broad SMARTS) is 1. The van der Waals surface area contributed by atoms with E-state index in [1.807, 2.05) is 30.3 Å². The van der Waals surface area contributed by atoms with Crippen LogP contribution < -0.4 is 0 Å². The van der Waals surface area contributed by atoms with Crippen LogP contribution in [0.5, 0.6) is 5.75 Å². The molecule has 0 atom stereocenters. The molecule has 4 nitrogen and oxygen atoms in total. The molecule has 0 spiro atoms. The molecule has 3 aromatic rings. The summed E-state index contributed by atoms with van der Waals surface area (Å²) >= 11 is 0. The van der Waals surface area contributed by atoms with Crippen molar-refractivity contribution in [3.8, 4) is 17.0 Å². The van der Waals surface area contributed by atoms with Crippen molar-refractivity contribution in [1.82, 2.24) is 4.98 Å². The Kier molecular flexibility index (Phi) is 4.34. The van der Waals surface area contributed by atoms with E-state index in [4.69, 9.17) is 0 Å². The minimum Gasteiger partial charge on any atom is -0.506 e. The van der Waals surface area contributed by atoms with Crippen LogP contribution in [0.3, 0.4) is 0 Å². The molecule has 0 amide bonds. The van der Waals surface area contributed by atoms with Crippen molar-refractivity contribution in [2.45, 2.75) is 0 Å². The predicted octanol–water partition coefficient (Wildman–Crippen LogP) is 3.30. The number of fused-ring (bicyclic) bond motifs is 1.